The van der Waals surface area contributed by atoms with Crippen molar-refractivity contribution in [1.29, 1.82) is 0 Å². The highest BCUT2D eigenvalue weighted by Crippen LogP contribution is 2.61. The van der Waals surface area contributed by atoms with E-state index in [4.69, 9.17) is 0 Å². The molecule has 1 heterocycles. The van der Waals surface area contributed by atoms with E-state index in [9.17, 15) is 4.79 Å². The Labute approximate surface area is 114 Å². The quantitative estimate of drug-likeness (QED) is 0.764. The molecular formula is C16H24OS. The summed E-state index contributed by atoms with van der Waals surface area (Å²) in [5.74, 6) is 4.79. The zero-order chi connectivity index (χ0) is 12.2. The molecule has 0 aromatic rings. The highest BCUT2D eigenvalue weighted by atomic mass is 32.2. The third-order valence-corrected chi connectivity index (χ3v) is 7.43. The highest BCUT2D eigenvalue weighted by Gasteiger charge is 2.51. The summed E-state index contributed by atoms with van der Waals surface area (Å²) < 4.78 is 0. The van der Waals surface area contributed by atoms with Gasteiger partial charge in [0.2, 0.25) is 0 Å². The Morgan fingerprint density at radius 3 is 2.17 bits per heavy atom. The third kappa shape index (κ3) is 1.95. The number of carbonyl (C=O) groups excluding carboxylic acids is 1. The van der Waals surface area contributed by atoms with Gasteiger partial charge in [0.05, 0.1) is 5.25 Å². The molecule has 0 aromatic heterocycles. The van der Waals surface area contributed by atoms with E-state index in [0.717, 1.165) is 30.6 Å². The van der Waals surface area contributed by atoms with Gasteiger partial charge in [0.25, 0.3) is 0 Å². The van der Waals surface area contributed by atoms with Crippen LogP contribution in [0.5, 0.6) is 0 Å². The zero-order valence-corrected chi connectivity index (χ0v) is 12.0. The fraction of sp³-hybridized carbons (Fsp3) is 0.938. The first-order valence-corrected chi connectivity index (χ1v) is 8.92. The first-order valence-electron chi connectivity index (χ1n) is 7.87. The van der Waals surface area contributed by atoms with Crippen molar-refractivity contribution in [1.82, 2.24) is 0 Å². The number of rotatable bonds is 3. The Balaban J connectivity index is 1.48. The molecule has 4 aliphatic carbocycles. The van der Waals surface area contributed by atoms with Crippen molar-refractivity contribution in [3.8, 4) is 0 Å². The molecule has 1 nitrogen and oxygen atoms in total. The summed E-state index contributed by atoms with van der Waals surface area (Å²) in [7, 11) is 0. The molecule has 4 bridgehead atoms. The summed E-state index contributed by atoms with van der Waals surface area (Å²) in [6.07, 6.45) is 12.0. The molecule has 5 rings (SSSR count). The Hall–Kier alpha value is 0.0200. The summed E-state index contributed by atoms with van der Waals surface area (Å²) in [6, 6.07) is 0. The number of carbonyl (C=O) groups is 1. The molecule has 1 unspecified atom stereocenters. The number of Topliss-reactive ketones (excluding diaryl/α,β-unsaturated/α-hetero) is 1. The first-order chi connectivity index (χ1) is 8.72. The van der Waals surface area contributed by atoms with Crippen molar-refractivity contribution in [3.05, 3.63) is 0 Å². The summed E-state index contributed by atoms with van der Waals surface area (Å²) >= 11 is 1.93. The lowest BCUT2D eigenvalue weighted by Gasteiger charge is -2.57. The summed E-state index contributed by atoms with van der Waals surface area (Å²) in [4.78, 5) is 12.5. The van der Waals surface area contributed by atoms with E-state index in [1.54, 1.807) is 0 Å². The van der Waals surface area contributed by atoms with Gasteiger partial charge in [-0.25, -0.2) is 0 Å². The van der Waals surface area contributed by atoms with Gasteiger partial charge in [-0.05, 0) is 80.3 Å². The molecule has 18 heavy (non-hydrogen) atoms. The van der Waals surface area contributed by atoms with E-state index in [1.807, 2.05) is 11.8 Å². The average molecular weight is 264 g/mol. The van der Waals surface area contributed by atoms with Crippen LogP contribution in [0.15, 0.2) is 0 Å². The van der Waals surface area contributed by atoms with E-state index in [1.165, 1.54) is 50.7 Å². The molecule has 1 atom stereocenters. The molecule has 1 saturated heterocycles. The van der Waals surface area contributed by atoms with Crippen LogP contribution in [0.3, 0.4) is 0 Å². The van der Waals surface area contributed by atoms with E-state index in [2.05, 4.69) is 0 Å². The van der Waals surface area contributed by atoms with Gasteiger partial charge in [-0.1, -0.05) is 0 Å². The Morgan fingerprint density at radius 2 is 1.67 bits per heavy atom. The van der Waals surface area contributed by atoms with Crippen molar-refractivity contribution in [2.75, 3.05) is 5.75 Å². The minimum absolute atomic E-state index is 0.373. The van der Waals surface area contributed by atoms with Crippen molar-refractivity contribution < 1.29 is 4.79 Å². The van der Waals surface area contributed by atoms with Gasteiger partial charge >= 0.3 is 0 Å². The van der Waals surface area contributed by atoms with Gasteiger partial charge in [-0.15, -0.1) is 0 Å². The van der Waals surface area contributed by atoms with Crippen LogP contribution in [0.2, 0.25) is 0 Å². The topological polar surface area (TPSA) is 17.1 Å². The molecule has 0 N–H and O–H groups in total. The lowest BCUT2D eigenvalue weighted by atomic mass is 9.48. The molecule has 0 amide bonds. The monoisotopic (exact) mass is 264 g/mol. The van der Waals surface area contributed by atoms with Gasteiger partial charge < -0.3 is 0 Å². The maximum Gasteiger partial charge on any atom is 0.146 e. The van der Waals surface area contributed by atoms with Crippen molar-refractivity contribution in [2.24, 2.45) is 23.2 Å². The molecule has 2 heteroatoms. The SMILES string of the molecule is O=C(CC12CC3CC(CC(C3)C1)C2)C1CCCS1. The van der Waals surface area contributed by atoms with E-state index < -0.39 is 0 Å². The van der Waals surface area contributed by atoms with Crippen LogP contribution in [-0.4, -0.2) is 16.8 Å². The molecule has 0 radical (unpaired) electrons. The lowest BCUT2D eigenvalue weighted by Crippen LogP contribution is -2.47. The van der Waals surface area contributed by atoms with Crippen LogP contribution in [0.1, 0.15) is 57.8 Å². The average Bonchev–Trinajstić information content (AvgIpc) is 2.79. The summed E-state index contributed by atoms with van der Waals surface area (Å²) in [5, 5.41) is 0.373. The molecule has 5 aliphatic rings. The van der Waals surface area contributed by atoms with Crippen molar-refractivity contribution in [2.45, 2.75) is 63.0 Å². The van der Waals surface area contributed by atoms with Gasteiger partial charge in [0, 0.05) is 6.42 Å². The van der Waals surface area contributed by atoms with Crippen LogP contribution in [0.4, 0.5) is 0 Å². The van der Waals surface area contributed by atoms with Crippen LogP contribution < -0.4 is 0 Å². The second-order valence-corrected chi connectivity index (χ2v) is 8.87. The van der Waals surface area contributed by atoms with Crippen LogP contribution in [0, 0.1) is 23.2 Å². The van der Waals surface area contributed by atoms with Gasteiger partial charge in [-0.3, -0.25) is 4.79 Å². The minimum Gasteiger partial charge on any atom is -0.298 e. The molecular weight excluding hydrogens is 240 g/mol. The maximum absolute atomic E-state index is 12.5. The third-order valence-electron chi connectivity index (χ3n) is 6.00. The number of thioether (sulfide) groups is 1. The number of hydrogen-bond acceptors (Lipinski definition) is 2. The van der Waals surface area contributed by atoms with E-state index in [0.29, 0.717) is 16.4 Å². The van der Waals surface area contributed by atoms with Gasteiger partial charge in [0.15, 0.2) is 0 Å². The van der Waals surface area contributed by atoms with Crippen LogP contribution in [-0.2, 0) is 4.79 Å². The second-order valence-electron chi connectivity index (χ2n) is 7.56. The predicted molar refractivity (Wildman–Crippen MR) is 75.7 cm³/mol. The first kappa shape index (κ1) is 11.8. The number of hydrogen-bond donors (Lipinski definition) is 0. The standard InChI is InChI=1S/C16H24OS/c17-14(15-2-1-3-18-15)10-16-7-11-4-12(8-16)6-13(5-11)9-16/h11-13,15H,1-10H2. The second kappa shape index (κ2) is 4.26. The van der Waals surface area contributed by atoms with Crippen molar-refractivity contribution >= 4 is 17.5 Å². The Morgan fingerprint density at radius 1 is 1.06 bits per heavy atom. The van der Waals surface area contributed by atoms with Crippen LogP contribution in [0.25, 0.3) is 0 Å². The Bertz CT molecular complexity index is 321. The largest absolute Gasteiger partial charge is 0.298 e. The zero-order valence-electron chi connectivity index (χ0n) is 11.2. The molecule has 0 spiro atoms. The van der Waals surface area contributed by atoms with Gasteiger partial charge in [0.1, 0.15) is 5.78 Å². The fourth-order valence-corrected chi connectivity index (χ4v) is 7.04. The predicted octanol–water partition coefficient (Wildman–Crippen LogP) is 4.06. The highest BCUT2D eigenvalue weighted by molar-refractivity contribution is 8.00. The van der Waals surface area contributed by atoms with Gasteiger partial charge in [-0.2, -0.15) is 11.8 Å². The maximum atomic E-state index is 12.5. The normalized spacial score (nSPS) is 49.8. The minimum atomic E-state index is 0.373. The van der Waals surface area contributed by atoms with Crippen LogP contribution >= 0.6 is 11.8 Å². The van der Waals surface area contributed by atoms with E-state index in [-0.39, 0.29) is 0 Å². The molecule has 1 aliphatic heterocycles. The molecule has 100 valence electrons. The molecule has 5 fully saturated rings. The Kier molecular flexibility index (Phi) is 2.80. The summed E-state index contributed by atoms with van der Waals surface area (Å²) in [6.45, 7) is 0. The number of ketones is 1. The lowest BCUT2D eigenvalue weighted by molar-refractivity contribution is -0.126. The summed E-state index contributed by atoms with van der Waals surface area (Å²) in [5.41, 5.74) is 0.467. The molecule has 0 aromatic carbocycles. The smallest absolute Gasteiger partial charge is 0.146 e. The fourth-order valence-electron chi connectivity index (χ4n) is 5.82. The molecule has 4 saturated carbocycles. The van der Waals surface area contributed by atoms with E-state index >= 15 is 0 Å². The van der Waals surface area contributed by atoms with Crippen molar-refractivity contribution in [3.63, 3.8) is 0 Å².